The van der Waals surface area contributed by atoms with Crippen molar-refractivity contribution in [2.24, 2.45) is 10.7 Å². The summed E-state index contributed by atoms with van der Waals surface area (Å²) in [5.41, 5.74) is 6.28. The standard InChI is InChI=1S/C12H17BrFN3/c1-8(2)17-12(15)16-6-5-9-7-10(13)3-4-11(9)14/h3-4,7-8H,5-6H2,1-2H3,(H3,15,16,17). The highest BCUT2D eigenvalue weighted by Crippen LogP contribution is 2.15. The first-order valence-corrected chi connectivity index (χ1v) is 6.28. The molecule has 1 aromatic carbocycles. The van der Waals surface area contributed by atoms with E-state index in [0.29, 0.717) is 24.5 Å². The van der Waals surface area contributed by atoms with Gasteiger partial charge < -0.3 is 11.1 Å². The number of nitrogens with two attached hydrogens (primary N) is 1. The Labute approximate surface area is 109 Å². The van der Waals surface area contributed by atoms with Gasteiger partial charge in [-0.25, -0.2) is 4.39 Å². The summed E-state index contributed by atoms with van der Waals surface area (Å²) in [5.74, 6) is 0.189. The van der Waals surface area contributed by atoms with Gasteiger partial charge in [0.2, 0.25) is 0 Å². The van der Waals surface area contributed by atoms with E-state index in [1.54, 1.807) is 12.1 Å². The third kappa shape index (κ3) is 5.17. The molecule has 0 bridgehead atoms. The summed E-state index contributed by atoms with van der Waals surface area (Å²) in [6.45, 7) is 4.44. The zero-order valence-corrected chi connectivity index (χ0v) is 11.6. The molecular weight excluding hydrogens is 285 g/mol. The van der Waals surface area contributed by atoms with Gasteiger partial charge in [-0.1, -0.05) is 15.9 Å². The van der Waals surface area contributed by atoms with Gasteiger partial charge in [-0.15, -0.1) is 0 Å². The molecule has 0 fully saturated rings. The van der Waals surface area contributed by atoms with Crippen molar-refractivity contribution in [2.75, 3.05) is 6.54 Å². The summed E-state index contributed by atoms with van der Waals surface area (Å²) in [5, 5.41) is 2.98. The minimum atomic E-state index is -0.209. The lowest BCUT2D eigenvalue weighted by atomic mass is 10.1. The van der Waals surface area contributed by atoms with Crippen LogP contribution in [0.1, 0.15) is 19.4 Å². The molecule has 0 aliphatic rings. The normalized spacial score (nSPS) is 11.9. The summed E-state index contributed by atoms with van der Waals surface area (Å²) in [7, 11) is 0. The molecule has 0 atom stereocenters. The Bertz CT molecular complexity index is 405. The highest BCUT2D eigenvalue weighted by atomic mass is 79.9. The largest absolute Gasteiger partial charge is 0.370 e. The summed E-state index contributed by atoms with van der Waals surface area (Å²) in [6.07, 6.45) is 0.533. The Kier molecular flexibility index (Phi) is 5.41. The van der Waals surface area contributed by atoms with Crippen molar-refractivity contribution in [2.45, 2.75) is 26.3 Å². The van der Waals surface area contributed by atoms with E-state index in [9.17, 15) is 4.39 Å². The van der Waals surface area contributed by atoms with Gasteiger partial charge in [-0.05, 0) is 44.0 Å². The van der Waals surface area contributed by atoms with Gasteiger partial charge in [0.1, 0.15) is 5.82 Å². The molecule has 1 aromatic rings. The van der Waals surface area contributed by atoms with Crippen LogP contribution in [0.25, 0.3) is 0 Å². The minimum Gasteiger partial charge on any atom is -0.370 e. The first kappa shape index (κ1) is 14.0. The van der Waals surface area contributed by atoms with Gasteiger partial charge in [0.25, 0.3) is 0 Å². The van der Waals surface area contributed by atoms with Crippen LogP contribution in [0.5, 0.6) is 0 Å². The van der Waals surface area contributed by atoms with Gasteiger partial charge in [0, 0.05) is 17.1 Å². The van der Waals surface area contributed by atoms with Crippen LogP contribution in [0.3, 0.4) is 0 Å². The Morgan fingerprint density at radius 2 is 2.24 bits per heavy atom. The van der Waals surface area contributed by atoms with Crippen LogP contribution in [0, 0.1) is 5.82 Å². The molecule has 5 heteroatoms. The number of guanidine groups is 1. The molecular formula is C12H17BrFN3. The van der Waals surface area contributed by atoms with Crippen LogP contribution in [0.2, 0.25) is 0 Å². The fourth-order valence-electron chi connectivity index (χ4n) is 1.37. The minimum absolute atomic E-state index is 0.209. The number of halogens is 2. The Morgan fingerprint density at radius 1 is 1.53 bits per heavy atom. The fraction of sp³-hybridized carbons (Fsp3) is 0.417. The van der Waals surface area contributed by atoms with Crippen molar-refractivity contribution in [3.8, 4) is 0 Å². The van der Waals surface area contributed by atoms with E-state index in [-0.39, 0.29) is 11.9 Å². The highest BCUT2D eigenvalue weighted by Gasteiger charge is 2.02. The van der Waals surface area contributed by atoms with Gasteiger partial charge in [0.05, 0.1) is 0 Å². The first-order valence-electron chi connectivity index (χ1n) is 5.49. The van der Waals surface area contributed by atoms with E-state index < -0.39 is 0 Å². The Hall–Kier alpha value is -1.10. The molecule has 0 radical (unpaired) electrons. The van der Waals surface area contributed by atoms with Crippen molar-refractivity contribution < 1.29 is 4.39 Å². The number of nitrogens with one attached hydrogen (secondary N) is 1. The number of rotatable bonds is 4. The molecule has 3 nitrogen and oxygen atoms in total. The average molecular weight is 302 g/mol. The molecule has 0 saturated carbocycles. The lowest BCUT2D eigenvalue weighted by Crippen LogP contribution is -2.36. The van der Waals surface area contributed by atoms with E-state index >= 15 is 0 Å². The zero-order valence-electron chi connectivity index (χ0n) is 10.0. The van der Waals surface area contributed by atoms with Crippen LogP contribution in [-0.2, 0) is 6.42 Å². The summed E-state index contributed by atoms with van der Waals surface area (Å²) in [4.78, 5) is 4.13. The van der Waals surface area contributed by atoms with Crippen molar-refractivity contribution >= 4 is 21.9 Å². The lowest BCUT2D eigenvalue weighted by Gasteiger charge is -2.08. The van der Waals surface area contributed by atoms with Crippen molar-refractivity contribution in [1.29, 1.82) is 0 Å². The molecule has 0 heterocycles. The molecule has 0 aliphatic carbocycles. The predicted octanol–water partition coefficient (Wildman–Crippen LogP) is 2.44. The highest BCUT2D eigenvalue weighted by molar-refractivity contribution is 9.10. The summed E-state index contributed by atoms with van der Waals surface area (Å²) < 4.78 is 14.3. The molecule has 1 rings (SSSR count). The molecule has 0 aliphatic heterocycles. The zero-order chi connectivity index (χ0) is 12.8. The molecule has 17 heavy (non-hydrogen) atoms. The first-order chi connectivity index (χ1) is 7.99. The average Bonchev–Trinajstić information content (AvgIpc) is 2.22. The Balaban J connectivity index is 2.53. The smallest absolute Gasteiger partial charge is 0.188 e. The fourth-order valence-corrected chi connectivity index (χ4v) is 1.78. The van der Waals surface area contributed by atoms with Crippen LogP contribution in [0.4, 0.5) is 4.39 Å². The van der Waals surface area contributed by atoms with E-state index in [2.05, 4.69) is 26.2 Å². The van der Waals surface area contributed by atoms with Crippen molar-refractivity contribution in [3.63, 3.8) is 0 Å². The number of nitrogens with zero attached hydrogens (tertiary/aromatic N) is 1. The molecule has 0 saturated heterocycles. The number of hydrogen-bond acceptors (Lipinski definition) is 1. The predicted molar refractivity (Wildman–Crippen MR) is 72.6 cm³/mol. The van der Waals surface area contributed by atoms with Gasteiger partial charge in [-0.2, -0.15) is 0 Å². The second-order valence-electron chi connectivity index (χ2n) is 4.05. The van der Waals surface area contributed by atoms with Crippen LogP contribution < -0.4 is 11.1 Å². The van der Waals surface area contributed by atoms with Crippen molar-refractivity contribution in [1.82, 2.24) is 5.32 Å². The second kappa shape index (κ2) is 6.59. The van der Waals surface area contributed by atoms with Gasteiger partial charge >= 0.3 is 0 Å². The van der Waals surface area contributed by atoms with E-state index in [4.69, 9.17) is 5.73 Å². The van der Waals surface area contributed by atoms with E-state index in [1.165, 1.54) is 6.07 Å². The quantitative estimate of drug-likeness (QED) is 0.663. The summed E-state index contributed by atoms with van der Waals surface area (Å²) in [6, 6.07) is 5.13. The lowest BCUT2D eigenvalue weighted by molar-refractivity contribution is 0.609. The second-order valence-corrected chi connectivity index (χ2v) is 4.97. The number of benzene rings is 1. The SMILES string of the molecule is CC(C)NC(N)=NCCc1cc(Br)ccc1F. The molecule has 0 spiro atoms. The maximum Gasteiger partial charge on any atom is 0.188 e. The maximum absolute atomic E-state index is 13.4. The van der Waals surface area contributed by atoms with Crippen LogP contribution in [-0.4, -0.2) is 18.5 Å². The molecule has 0 unspecified atom stereocenters. The van der Waals surface area contributed by atoms with Gasteiger partial charge in [0.15, 0.2) is 5.96 Å². The van der Waals surface area contributed by atoms with Gasteiger partial charge in [-0.3, -0.25) is 4.99 Å². The van der Waals surface area contributed by atoms with Crippen LogP contribution in [0.15, 0.2) is 27.7 Å². The number of aliphatic imine (C=N–C) groups is 1. The third-order valence-electron chi connectivity index (χ3n) is 2.11. The summed E-state index contributed by atoms with van der Waals surface area (Å²) >= 11 is 3.31. The topological polar surface area (TPSA) is 50.4 Å². The molecule has 0 aromatic heterocycles. The molecule has 3 N–H and O–H groups in total. The van der Waals surface area contributed by atoms with Crippen LogP contribution >= 0.6 is 15.9 Å². The van der Waals surface area contributed by atoms with Crippen molar-refractivity contribution in [3.05, 3.63) is 34.1 Å². The van der Waals surface area contributed by atoms with E-state index in [0.717, 1.165) is 4.47 Å². The molecule has 0 amide bonds. The maximum atomic E-state index is 13.4. The molecule has 94 valence electrons. The Morgan fingerprint density at radius 3 is 2.88 bits per heavy atom. The van der Waals surface area contributed by atoms with E-state index in [1.807, 2.05) is 13.8 Å². The monoisotopic (exact) mass is 301 g/mol. The number of hydrogen-bond donors (Lipinski definition) is 2. The third-order valence-corrected chi connectivity index (χ3v) is 2.60.